The van der Waals surface area contributed by atoms with Gasteiger partial charge in [-0.25, -0.2) is 0 Å². The second kappa shape index (κ2) is 5.11. The van der Waals surface area contributed by atoms with Gasteiger partial charge in [0.2, 0.25) is 0 Å². The van der Waals surface area contributed by atoms with E-state index in [1.165, 1.54) is 11.8 Å². The number of hydrogen-bond donors (Lipinski definition) is 3. The highest BCUT2D eigenvalue weighted by molar-refractivity contribution is 8.14. The highest BCUT2D eigenvalue weighted by Crippen LogP contribution is 2.34. The van der Waals surface area contributed by atoms with E-state index in [1.54, 1.807) is 14.2 Å². The third-order valence-corrected chi connectivity index (χ3v) is 4.35. The minimum atomic E-state index is -0.962. The molecule has 6 nitrogen and oxygen atoms in total. The lowest BCUT2D eigenvalue weighted by molar-refractivity contribution is -0.189. The number of hydrogen-bond acceptors (Lipinski definition) is 6. The van der Waals surface area contributed by atoms with Crippen LogP contribution in [0.5, 0.6) is 0 Å². The zero-order valence-corrected chi connectivity index (χ0v) is 10.8. The van der Waals surface area contributed by atoms with Crippen LogP contribution in [-0.4, -0.2) is 65.4 Å². The second-order valence-corrected chi connectivity index (χ2v) is 5.29. The molecular weight excluding hydrogens is 244 g/mol. The van der Waals surface area contributed by atoms with Gasteiger partial charge < -0.3 is 25.0 Å². The number of rotatable bonds is 2. The summed E-state index contributed by atoms with van der Waals surface area (Å²) < 4.78 is 10.9. The van der Waals surface area contributed by atoms with E-state index >= 15 is 0 Å². The number of nitrogens with zero attached hydrogens (tertiary/aromatic N) is 1. The van der Waals surface area contributed by atoms with Crippen molar-refractivity contribution in [3.05, 3.63) is 0 Å². The molecule has 0 radical (unpaired) electrons. The van der Waals surface area contributed by atoms with Gasteiger partial charge in [0.1, 0.15) is 23.7 Å². The molecular formula is C10H18N2O4S. The molecule has 0 unspecified atom stereocenters. The van der Waals surface area contributed by atoms with Crippen molar-refractivity contribution in [3.63, 3.8) is 0 Å². The number of aliphatic hydroxyl groups is 2. The van der Waals surface area contributed by atoms with Gasteiger partial charge in [0, 0.05) is 14.2 Å². The van der Waals surface area contributed by atoms with E-state index in [2.05, 4.69) is 10.3 Å². The minimum absolute atomic E-state index is 0.241. The molecule has 0 bridgehead atoms. The fraction of sp³-hybridized carbons (Fsp3) is 0.900. The summed E-state index contributed by atoms with van der Waals surface area (Å²) in [6.45, 7) is 1.81. The third kappa shape index (κ3) is 2.30. The highest BCUT2D eigenvalue weighted by Gasteiger charge is 2.50. The van der Waals surface area contributed by atoms with Gasteiger partial charge in [-0.15, -0.1) is 0 Å². The Kier molecular flexibility index (Phi) is 3.94. The summed E-state index contributed by atoms with van der Waals surface area (Å²) in [7, 11) is 3.23. The largest absolute Gasteiger partial charge is 0.388 e. The first-order chi connectivity index (χ1) is 8.08. The van der Waals surface area contributed by atoms with Crippen LogP contribution < -0.4 is 5.32 Å². The molecule has 0 spiro atoms. The van der Waals surface area contributed by atoms with Gasteiger partial charge in [0.25, 0.3) is 0 Å². The Morgan fingerprint density at radius 2 is 2.18 bits per heavy atom. The van der Waals surface area contributed by atoms with Crippen molar-refractivity contribution < 1.29 is 19.7 Å². The molecule has 2 rings (SSSR count). The summed E-state index contributed by atoms with van der Waals surface area (Å²) in [6.07, 6.45) is -2.65. The first kappa shape index (κ1) is 13.1. The van der Waals surface area contributed by atoms with Crippen LogP contribution in [0.1, 0.15) is 6.92 Å². The van der Waals surface area contributed by atoms with Gasteiger partial charge >= 0.3 is 0 Å². The predicted molar refractivity (Wildman–Crippen MR) is 65.0 cm³/mol. The molecule has 0 saturated carbocycles. The number of thioether (sulfide) groups is 1. The van der Waals surface area contributed by atoms with Crippen molar-refractivity contribution in [2.24, 2.45) is 4.99 Å². The topological polar surface area (TPSA) is 83.3 Å². The van der Waals surface area contributed by atoms with E-state index in [4.69, 9.17) is 9.47 Å². The Hall–Kier alpha value is -0.340. The molecule has 7 heteroatoms. The maximum atomic E-state index is 10.1. The van der Waals surface area contributed by atoms with Crippen LogP contribution in [0.15, 0.2) is 4.99 Å². The van der Waals surface area contributed by atoms with Crippen molar-refractivity contribution in [1.82, 2.24) is 5.32 Å². The maximum absolute atomic E-state index is 10.1. The van der Waals surface area contributed by atoms with Gasteiger partial charge in [-0.2, -0.15) is 0 Å². The summed E-state index contributed by atoms with van der Waals surface area (Å²) in [5, 5.41) is 23.8. The standard InChI is InChI=1S/C10H18N2O4S/c1-4(15-3)8-7(14)6(13)5-9(16-8)17-10(11-2)12-5/h4-9,13-14H,1-3H3,(H,11,12)/t4-,5-,6-,7+,8-,9-/m1/s1. The Morgan fingerprint density at radius 1 is 1.47 bits per heavy atom. The van der Waals surface area contributed by atoms with Crippen molar-refractivity contribution >= 4 is 16.9 Å². The molecule has 0 aromatic carbocycles. The van der Waals surface area contributed by atoms with Crippen molar-refractivity contribution in [2.75, 3.05) is 14.2 Å². The average Bonchev–Trinajstić information content (AvgIpc) is 2.76. The molecule has 2 heterocycles. The van der Waals surface area contributed by atoms with Gasteiger partial charge in [-0.3, -0.25) is 4.99 Å². The molecule has 0 aromatic rings. The number of amidine groups is 1. The Morgan fingerprint density at radius 3 is 2.76 bits per heavy atom. The fourth-order valence-electron chi connectivity index (χ4n) is 2.07. The number of fused-ring (bicyclic) bond motifs is 1. The lowest BCUT2D eigenvalue weighted by Crippen LogP contribution is -2.61. The third-order valence-electron chi connectivity index (χ3n) is 3.19. The van der Waals surface area contributed by atoms with Gasteiger partial charge in [-0.1, -0.05) is 11.8 Å². The first-order valence-corrected chi connectivity index (χ1v) is 6.40. The van der Waals surface area contributed by atoms with E-state index in [0.717, 1.165) is 5.17 Å². The Labute approximate surface area is 104 Å². The summed E-state index contributed by atoms with van der Waals surface area (Å²) in [6, 6.07) is -0.325. The lowest BCUT2D eigenvalue weighted by atomic mass is 9.95. The molecule has 6 atom stereocenters. The molecule has 98 valence electrons. The summed E-state index contributed by atoms with van der Waals surface area (Å²) in [5.41, 5.74) is -0.241. The average molecular weight is 262 g/mol. The minimum Gasteiger partial charge on any atom is -0.388 e. The monoisotopic (exact) mass is 262 g/mol. The molecule has 0 aliphatic carbocycles. The van der Waals surface area contributed by atoms with Crippen molar-refractivity contribution in [3.8, 4) is 0 Å². The first-order valence-electron chi connectivity index (χ1n) is 5.53. The van der Waals surface area contributed by atoms with Crippen molar-refractivity contribution in [2.45, 2.75) is 42.8 Å². The van der Waals surface area contributed by atoms with E-state index in [1.807, 2.05) is 6.92 Å². The number of aliphatic hydroxyl groups excluding tert-OH is 2. The smallest absolute Gasteiger partial charge is 0.159 e. The van der Waals surface area contributed by atoms with Crippen LogP contribution in [-0.2, 0) is 9.47 Å². The predicted octanol–water partition coefficient (Wildman–Crippen LogP) is -0.841. The van der Waals surface area contributed by atoms with E-state index in [9.17, 15) is 10.2 Å². The van der Waals surface area contributed by atoms with Crippen LogP contribution in [0.2, 0.25) is 0 Å². The molecule has 2 saturated heterocycles. The van der Waals surface area contributed by atoms with E-state index in [-0.39, 0.29) is 17.6 Å². The lowest BCUT2D eigenvalue weighted by Gasteiger charge is -2.40. The van der Waals surface area contributed by atoms with E-state index < -0.39 is 18.3 Å². The molecule has 3 N–H and O–H groups in total. The van der Waals surface area contributed by atoms with Crippen LogP contribution in [0.25, 0.3) is 0 Å². The molecule has 2 aliphatic rings. The SMILES string of the molecule is CN=C1N[C@@H]2[C@@H](O)[C@H](O)[C@@H]([C@@H](C)OC)O[C@@H]2S1. The number of aliphatic imine (C=N–C) groups is 1. The zero-order chi connectivity index (χ0) is 12.6. The summed E-state index contributed by atoms with van der Waals surface area (Å²) in [5.74, 6) is 0. The normalized spacial score (nSPS) is 45.5. The molecule has 2 aliphatic heterocycles. The molecule has 2 fully saturated rings. The van der Waals surface area contributed by atoms with Crippen LogP contribution in [0, 0.1) is 0 Å². The van der Waals surface area contributed by atoms with Crippen LogP contribution in [0.3, 0.4) is 0 Å². The Balaban J connectivity index is 2.13. The van der Waals surface area contributed by atoms with Crippen molar-refractivity contribution in [1.29, 1.82) is 0 Å². The second-order valence-electron chi connectivity index (χ2n) is 4.21. The van der Waals surface area contributed by atoms with Gasteiger partial charge in [0.05, 0.1) is 12.1 Å². The van der Waals surface area contributed by atoms with Gasteiger partial charge in [-0.05, 0) is 6.92 Å². The zero-order valence-electron chi connectivity index (χ0n) is 10.0. The quantitative estimate of drug-likeness (QED) is 0.602. The van der Waals surface area contributed by atoms with Crippen LogP contribution in [0.4, 0.5) is 0 Å². The summed E-state index contributed by atoms with van der Waals surface area (Å²) >= 11 is 1.42. The Bertz CT molecular complexity index is 315. The number of nitrogens with one attached hydrogen (secondary N) is 1. The maximum Gasteiger partial charge on any atom is 0.159 e. The molecule has 17 heavy (non-hydrogen) atoms. The van der Waals surface area contributed by atoms with Gasteiger partial charge in [0.15, 0.2) is 5.17 Å². The molecule has 0 amide bonds. The fourth-order valence-corrected chi connectivity index (χ4v) is 3.16. The number of ether oxygens (including phenoxy) is 2. The number of methoxy groups -OCH3 is 1. The summed E-state index contributed by atoms with van der Waals surface area (Å²) in [4.78, 5) is 4.03. The molecule has 0 aromatic heterocycles. The van der Waals surface area contributed by atoms with Crippen LogP contribution >= 0.6 is 11.8 Å². The van der Waals surface area contributed by atoms with E-state index in [0.29, 0.717) is 0 Å². The highest BCUT2D eigenvalue weighted by atomic mass is 32.2.